The second kappa shape index (κ2) is 7.62. The summed E-state index contributed by atoms with van der Waals surface area (Å²) < 4.78 is 17.6. The van der Waals surface area contributed by atoms with Crippen molar-refractivity contribution in [1.29, 1.82) is 0 Å². The number of aliphatic hydroxyl groups is 1. The van der Waals surface area contributed by atoms with Crippen LogP contribution in [0.25, 0.3) is 10.9 Å². The zero-order valence-corrected chi connectivity index (χ0v) is 17.1. The van der Waals surface area contributed by atoms with E-state index < -0.39 is 17.5 Å². The van der Waals surface area contributed by atoms with Gasteiger partial charge in [-0.15, -0.1) is 0 Å². The van der Waals surface area contributed by atoms with E-state index in [0.29, 0.717) is 21.5 Å². The summed E-state index contributed by atoms with van der Waals surface area (Å²) >= 11 is 5.99. The fourth-order valence-electron chi connectivity index (χ4n) is 3.59. The number of aryl methyl sites for hydroxylation is 1. The Labute approximate surface area is 176 Å². The van der Waals surface area contributed by atoms with Crippen LogP contribution in [0.4, 0.5) is 4.39 Å². The minimum absolute atomic E-state index is 0.0548. The second-order valence-corrected chi connectivity index (χ2v) is 7.73. The van der Waals surface area contributed by atoms with Gasteiger partial charge in [0.15, 0.2) is 0 Å². The summed E-state index contributed by atoms with van der Waals surface area (Å²) in [5.74, 6) is -0.571. The quantitative estimate of drug-likeness (QED) is 0.528. The Balaban J connectivity index is 1.88. The van der Waals surface area contributed by atoms with Crippen LogP contribution in [-0.4, -0.2) is 29.4 Å². The number of benzene rings is 2. The average Bonchev–Trinajstić information content (AvgIpc) is 3.20. The maximum Gasteiger partial charge on any atom is 0.261 e. The molecule has 0 aliphatic heterocycles. The van der Waals surface area contributed by atoms with E-state index in [1.54, 1.807) is 38.1 Å². The molecule has 4 aromatic rings. The molecule has 0 fully saturated rings. The van der Waals surface area contributed by atoms with Crippen LogP contribution in [0.2, 0.25) is 5.02 Å². The van der Waals surface area contributed by atoms with E-state index in [2.05, 4.69) is 15.1 Å². The van der Waals surface area contributed by atoms with Crippen LogP contribution < -0.4 is 5.56 Å². The lowest BCUT2D eigenvalue weighted by Gasteiger charge is -2.35. The third-order valence-electron chi connectivity index (χ3n) is 5.31. The lowest BCUT2D eigenvalue weighted by atomic mass is 9.85. The molecule has 0 radical (unpaired) electrons. The Morgan fingerprint density at radius 1 is 1.23 bits per heavy atom. The van der Waals surface area contributed by atoms with Crippen LogP contribution in [0.3, 0.4) is 0 Å². The third-order valence-corrected chi connectivity index (χ3v) is 5.55. The summed E-state index contributed by atoms with van der Waals surface area (Å²) in [6, 6.07) is 8.48. The molecule has 2 heterocycles. The van der Waals surface area contributed by atoms with Crippen molar-refractivity contribution in [3.63, 3.8) is 0 Å². The highest BCUT2D eigenvalue weighted by molar-refractivity contribution is 6.31. The smallest absolute Gasteiger partial charge is 0.261 e. The van der Waals surface area contributed by atoms with Crippen LogP contribution in [0.15, 0.2) is 60.2 Å². The number of halogens is 2. The molecular formula is C21H19ClFN5O2. The number of rotatable bonds is 5. The molecule has 0 aliphatic carbocycles. The minimum atomic E-state index is -1.81. The van der Waals surface area contributed by atoms with E-state index >= 15 is 0 Å². The van der Waals surface area contributed by atoms with Gasteiger partial charge >= 0.3 is 0 Å². The molecule has 9 heteroatoms. The van der Waals surface area contributed by atoms with Crippen LogP contribution in [0.1, 0.15) is 24.1 Å². The van der Waals surface area contributed by atoms with Crippen LogP contribution in [-0.2, 0) is 12.1 Å². The SMILES string of the molecule is Cc1ccc([C@@](O)(Cn2cncn2)[C@@H](C)n2cnc3cc(Cl)ccc3c2=O)c(F)c1. The van der Waals surface area contributed by atoms with Gasteiger partial charge in [-0.05, 0) is 43.7 Å². The predicted molar refractivity (Wildman–Crippen MR) is 111 cm³/mol. The maximum atomic E-state index is 14.9. The highest BCUT2D eigenvalue weighted by atomic mass is 35.5. The Hall–Kier alpha value is -3.10. The Kier molecular flexibility index (Phi) is 5.13. The fourth-order valence-corrected chi connectivity index (χ4v) is 3.76. The first-order chi connectivity index (χ1) is 14.3. The molecule has 1 N–H and O–H groups in total. The maximum absolute atomic E-state index is 14.9. The van der Waals surface area contributed by atoms with E-state index in [1.807, 2.05) is 0 Å². The molecule has 0 saturated carbocycles. The van der Waals surface area contributed by atoms with Crippen LogP contribution in [0.5, 0.6) is 0 Å². The zero-order chi connectivity index (χ0) is 21.5. The number of aromatic nitrogens is 5. The molecule has 0 unspecified atom stereocenters. The van der Waals surface area contributed by atoms with E-state index in [-0.39, 0.29) is 17.7 Å². The fraction of sp³-hybridized carbons (Fsp3) is 0.238. The van der Waals surface area contributed by atoms with Crippen molar-refractivity contribution in [3.8, 4) is 0 Å². The number of nitrogens with zero attached hydrogens (tertiary/aromatic N) is 5. The average molecular weight is 428 g/mol. The largest absolute Gasteiger partial charge is 0.381 e. The Morgan fingerprint density at radius 2 is 2.03 bits per heavy atom. The molecule has 7 nitrogen and oxygen atoms in total. The van der Waals surface area contributed by atoms with E-state index in [0.717, 1.165) is 0 Å². The molecule has 0 amide bonds. The van der Waals surface area contributed by atoms with Gasteiger partial charge in [-0.2, -0.15) is 5.10 Å². The summed E-state index contributed by atoms with van der Waals surface area (Å²) in [5, 5.41) is 16.6. The van der Waals surface area contributed by atoms with Crippen molar-refractivity contribution in [1.82, 2.24) is 24.3 Å². The monoisotopic (exact) mass is 427 g/mol. The molecule has 2 aromatic heterocycles. The van der Waals surface area contributed by atoms with Gasteiger partial charge in [0.1, 0.15) is 24.1 Å². The standard InChI is InChI=1S/C21H19ClFN5O2/c1-13-3-6-17(18(23)7-13)21(30,9-27-11-24-10-26-27)14(2)28-12-25-19-8-15(22)4-5-16(19)20(28)29/h3-8,10-12,14,30H,9H2,1-2H3/t14-,21-/m1/s1. The highest BCUT2D eigenvalue weighted by Crippen LogP contribution is 2.36. The number of hydrogen-bond donors (Lipinski definition) is 1. The van der Waals surface area contributed by atoms with Gasteiger partial charge in [0.05, 0.1) is 29.8 Å². The van der Waals surface area contributed by atoms with Gasteiger partial charge in [0, 0.05) is 10.6 Å². The number of hydrogen-bond acceptors (Lipinski definition) is 5. The van der Waals surface area contributed by atoms with Gasteiger partial charge in [0.2, 0.25) is 0 Å². The summed E-state index contributed by atoms with van der Waals surface area (Å²) in [5.41, 5.74) is -0.963. The summed E-state index contributed by atoms with van der Waals surface area (Å²) in [6.07, 6.45) is 4.08. The van der Waals surface area contributed by atoms with Crippen molar-refractivity contribution in [2.45, 2.75) is 32.0 Å². The molecule has 2 atom stereocenters. The Bertz CT molecular complexity index is 1270. The van der Waals surface area contributed by atoms with Gasteiger partial charge in [0.25, 0.3) is 5.56 Å². The summed E-state index contributed by atoms with van der Waals surface area (Å²) in [4.78, 5) is 21.3. The molecule has 0 spiro atoms. The lowest BCUT2D eigenvalue weighted by Crippen LogP contribution is -2.43. The third kappa shape index (κ3) is 3.48. The van der Waals surface area contributed by atoms with Crippen LogP contribution >= 0.6 is 11.6 Å². The van der Waals surface area contributed by atoms with Gasteiger partial charge in [-0.25, -0.2) is 19.0 Å². The highest BCUT2D eigenvalue weighted by Gasteiger charge is 2.40. The molecule has 0 aliphatic rings. The van der Waals surface area contributed by atoms with Crippen molar-refractivity contribution in [3.05, 3.63) is 87.7 Å². The van der Waals surface area contributed by atoms with Gasteiger partial charge in [-0.3, -0.25) is 9.36 Å². The summed E-state index contributed by atoms with van der Waals surface area (Å²) in [7, 11) is 0. The van der Waals surface area contributed by atoms with Crippen LogP contribution in [0, 0.1) is 12.7 Å². The molecule has 30 heavy (non-hydrogen) atoms. The first-order valence-electron chi connectivity index (χ1n) is 9.27. The molecule has 154 valence electrons. The van der Waals surface area contributed by atoms with Gasteiger partial charge < -0.3 is 5.11 Å². The lowest BCUT2D eigenvalue weighted by molar-refractivity contribution is -0.0342. The zero-order valence-electron chi connectivity index (χ0n) is 16.3. The van der Waals surface area contributed by atoms with Crippen molar-refractivity contribution < 1.29 is 9.50 Å². The van der Waals surface area contributed by atoms with Crippen molar-refractivity contribution in [2.24, 2.45) is 0 Å². The number of fused-ring (bicyclic) bond motifs is 1. The molecule has 4 rings (SSSR count). The van der Waals surface area contributed by atoms with E-state index in [9.17, 15) is 14.3 Å². The topological polar surface area (TPSA) is 85.8 Å². The van der Waals surface area contributed by atoms with Crippen molar-refractivity contribution in [2.75, 3.05) is 0 Å². The first-order valence-corrected chi connectivity index (χ1v) is 9.65. The normalized spacial score (nSPS) is 14.6. The summed E-state index contributed by atoms with van der Waals surface area (Å²) in [6.45, 7) is 3.29. The molecule has 0 saturated heterocycles. The predicted octanol–water partition coefficient (Wildman–Crippen LogP) is 3.24. The second-order valence-electron chi connectivity index (χ2n) is 7.30. The van der Waals surface area contributed by atoms with Crippen molar-refractivity contribution >= 4 is 22.5 Å². The molecule has 0 bridgehead atoms. The van der Waals surface area contributed by atoms with E-state index in [1.165, 1.54) is 40.4 Å². The first kappa shape index (κ1) is 20.2. The molecule has 2 aromatic carbocycles. The van der Waals surface area contributed by atoms with Gasteiger partial charge in [-0.1, -0.05) is 23.7 Å². The molecular weight excluding hydrogens is 409 g/mol. The van der Waals surface area contributed by atoms with E-state index in [4.69, 9.17) is 11.6 Å². The minimum Gasteiger partial charge on any atom is -0.381 e. The Morgan fingerprint density at radius 3 is 2.73 bits per heavy atom.